The predicted octanol–water partition coefficient (Wildman–Crippen LogP) is 5.41. The van der Waals surface area contributed by atoms with E-state index in [4.69, 9.17) is 33.0 Å². The van der Waals surface area contributed by atoms with Crippen molar-refractivity contribution in [3.05, 3.63) is 63.4 Å². The molecule has 0 spiro atoms. The number of aliphatic hydroxyl groups excluding tert-OH is 2. The number of aliphatic hydroxyl groups is 2. The number of carboxylic acids is 1. The average Bonchev–Trinajstić information content (AvgIpc) is 3.08. The molecule has 2 aromatic heterocycles. The van der Waals surface area contributed by atoms with Crippen LogP contribution in [0.5, 0.6) is 0 Å². The molecule has 190 valence electrons. The fourth-order valence-corrected chi connectivity index (χ4v) is 4.82. The standard InChI is InChI=1S/C26H32Cl2N2O5/c1-17(12-24(33)34)11-23(32)25-21-14-20(28)15-29-26(21)30(8-9-31)22(25)7-2-3-10-35-16-18-5-4-6-19(27)13-18/h4-6,13-15,17,23,31-32H,2-3,7-12,16H2,1H3,(H,33,34). The minimum absolute atomic E-state index is 0.0232. The number of unbranched alkanes of at least 4 members (excludes halogenated alkanes) is 1. The third kappa shape index (κ3) is 7.66. The third-order valence-corrected chi connectivity index (χ3v) is 6.37. The van der Waals surface area contributed by atoms with Gasteiger partial charge in [-0.3, -0.25) is 4.79 Å². The molecule has 2 heterocycles. The molecule has 0 aliphatic rings. The summed E-state index contributed by atoms with van der Waals surface area (Å²) in [7, 11) is 0. The molecule has 0 aliphatic heterocycles. The lowest BCUT2D eigenvalue weighted by Crippen LogP contribution is -2.13. The van der Waals surface area contributed by atoms with Gasteiger partial charge < -0.3 is 24.6 Å². The molecule has 35 heavy (non-hydrogen) atoms. The minimum Gasteiger partial charge on any atom is -0.481 e. The van der Waals surface area contributed by atoms with E-state index in [9.17, 15) is 15.0 Å². The smallest absolute Gasteiger partial charge is 0.303 e. The largest absolute Gasteiger partial charge is 0.481 e. The number of carbonyl (C=O) groups is 1. The quantitative estimate of drug-likeness (QED) is 0.244. The second kappa shape index (κ2) is 13.2. The number of hydrogen-bond donors (Lipinski definition) is 3. The van der Waals surface area contributed by atoms with Crippen molar-refractivity contribution in [1.29, 1.82) is 0 Å². The van der Waals surface area contributed by atoms with E-state index in [1.165, 1.54) is 0 Å². The highest BCUT2D eigenvalue weighted by Gasteiger charge is 2.25. The minimum atomic E-state index is -0.893. The zero-order valence-electron chi connectivity index (χ0n) is 19.8. The van der Waals surface area contributed by atoms with Crippen molar-refractivity contribution in [3.8, 4) is 0 Å². The zero-order valence-corrected chi connectivity index (χ0v) is 21.3. The summed E-state index contributed by atoms with van der Waals surface area (Å²) in [5, 5.41) is 31.8. The summed E-state index contributed by atoms with van der Waals surface area (Å²) in [6, 6.07) is 9.34. The average molecular weight is 523 g/mol. The molecule has 0 aliphatic carbocycles. The van der Waals surface area contributed by atoms with Crippen molar-refractivity contribution in [2.24, 2.45) is 5.92 Å². The van der Waals surface area contributed by atoms with Crippen LogP contribution in [0.4, 0.5) is 0 Å². The molecule has 0 saturated carbocycles. The molecular formula is C26H32Cl2N2O5. The van der Waals surface area contributed by atoms with Crippen molar-refractivity contribution in [1.82, 2.24) is 9.55 Å². The molecular weight excluding hydrogens is 491 g/mol. The Balaban J connectivity index is 1.75. The van der Waals surface area contributed by atoms with E-state index < -0.39 is 12.1 Å². The Labute approximate surface area is 215 Å². The van der Waals surface area contributed by atoms with Crippen LogP contribution in [0.25, 0.3) is 11.0 Å². The number of halogens is 2. The van der Waals surface area contributed by atoms with Crippen LogP contribution in [-0.4, -0.2) is 44.1 Å². The maximum atomic E-state index is 11.2. The number of carboxylic acid groups (broad SMARTS) is 1. The molecule has 7 nitrogen and oxygen atoms in total. The Morgan fingerprint density at radius 2 is 2.00 bits per heavy atom. The molecule has 3 N–H and O–H groups in total. The topological polar surface area (TPSA) is 105 Å². The van der Waals surface area contributed by atoms with Gasteiger partial charge in [0.25, 0.3) is 0 Å². The van der Waals surface area contributed by atoms with E-state index in [0.717, 1.165) is 29.5 Å². The number of nitrogens with zero attached hydrogens (tertiary/aromatic N) is 2. The first-order valence-corrected chi connectivity index (χ1v) is 12.5. The normalized spacial score (nSPS) is 13.3. The first-order valence-electron chi connectivity index (χ1n) is 11.8. The van der Waals surface area contributed by atoms with Crippen LogP contribution in [0.1, 0.15) is 55.5 Å². The molecule has 0 radical (unpaired) electrons. The second-order valence-electron chi connectivity index (χ2n) is 8.85. The van der Waals surface area contributed by atoms with Crippen molar-refractivity contribution in [3.63, 3.8) is 0 Å². The van der Waals surface area contributed by atoms with Gasteiger partial charge in [0.1, 0.15) is 5.65 Å². The van der Waals surface area contributed by atoms with Crippen LogP contribution in [0.15, 0.2) is 36.5 Å². The Bertz CT molecular complexity index is 1130. The Kier molecular flexibility index (Phi) is 10.4. The number of pyridine rings is 1. The molecule has 0 amide bonds. The maximum absolute atomic E-state index is 11.2. The molecule has 3 rings (SSSR count). The molecule has 2 atom stereocenters. The van der Waals surface area contributed by atoms with Gasteiger partial charge in [-0.2, -0.15) is 0 Å². The Hall–Kier alpha value is -2.16. The van der Waals surface area contributed by atoms with E-state index in [1.807, 2.05) is 35.8 Å². The van der Waals surface area contributed by atoms with Crippen LogP contribution >= 0.6 is 23.2 Å². The van der Waals surface area contributed by atoms with Gasteiger partial charge in [-0.15, -0.1) is 0 Å². The molecule has 0 fully saturated rings. The van der Waals surface area contributed by atoms with Gasteiger partial charge in [-0.05, 0) is 55.4 Å². The number of benzene rings is 1. The predicted molar refractivity (Wildman–Crippen MR) is 137 cm³/mol. The molecule has 1 aromatic carbocycles. The molecule has 2 unspecified atom stereocenters. The van der Waals surface area contributed by atoms with Crippen molar-refractivity contribution >= 4 is 40.2 Å². The van der Waals surface area contributed by atoms with Crippen LogP contribution in [0.2, 0.25) is 10.0 Å². The highest BCUT2D eigenvalue weighted by molar-refractivity contribution is 6.31. The second-order valence-corrected chi connectivity index (χ2v) is 9.73. The summed E-state index contributed by atoms with van der Waals surface area (Å²) in [6.45, 7) is 3.13. The van der Waals surface area contributed by atoms with Crippen molar-refractivity contribution < 1.29 is 24.9 Å². The first-order chi connectivity index (χ1) is 16.8. The fraction of sp³-hybridized carbons (Fsp3) is 0.462. The van der Waals surface area contributed by atoms with E-state index in [2.05, 4.69) is 4.98 Å². The molecule has 9 heteroatoms. The molecule has 3 aromatic rings. The summed E-state index contributed by atoms with van der Waals surface area (Å²) in [5.74, 6) is -1.10. The zero-order chi connectivity index (χ0) is 25.4. The maximum Gasteiger partial charge on any atom is 0.303 e. The Morgan fingerprint density at radius 3 is 2.71 bits per heavy atom. The van der Waals surface area contributed by atoms with E-state index in [0.29, 0.717) is 53.9 Å². The van der Waals surface area contributed by atoms with Gasteiger partial charge in [0.15, 0.2) is 0 Å². The van der Waals surface area contributed by atoms with Crippen LogP contribution in [0.3, 0.4) is 0 Å². The van der Waals surface area contributed by atoms with Crippen molar-refractivity contribution in [2.75, 3.05) is 13.2 Å². The number of hydrogen-bond acceptors (Lipinski definition) is 5. The van der Waals surface area contributed by atoms with Gasteiger partial charge in [0.2, 0.25) is 0 Å². The van der Waals surface area contributed by atoms with E-state index in [1.54, 1.807) is 12.3 Å². The lowest BCUT2D eigenvalue weighted by molar-refractivity contribution is -0.138. The Morgan fingerprint density at radius 1 is 1.20 bits per heavy atom. The highest BCUT2D eigenvalue weighted by Crippen LogP contribution is 2.36. The molecule has 0 saturated heterocycles. The van der Waals surface area contributed by atoms with Gasteiger partial charge >= 0.3 is 5.97 Å². The first kappa shape index (κ1) is 27.4. The number of aliphatic carboxylic acids is 1. The van der Waals surface area contributed by atoms with Crippen LogP contribution < -0.4 is 0 Å². The summed E-state index contributed by atoms with van der Waals surface area (Å²) in [5.41, 5.74) is 3.26. The lowest BCUT2D eigenvalue weighted by Gasteiger charge is -2.18. The number of ether oxygens (including phenoxy) is 1. The summed E-state index contributed by atoms with van der Waals surface area (Å²) < 4.78 is 7.72. The van der Waals surface area contributed by atoms with Gasteiger partial charge in [0, 0.05) is 47.4 Å². The van der Waals surface area contributed by atoms with Crippen LogP contribution in [-0.2, 0) is 29.1 Å². The molecule has 0 bridgehead atoms. The highest BCUT2D eigenvalue weighted by atomic mass is 35.5. The van der Waals surface area contributed by atoms with Gasteiger partial charge in [-0.25, -0.2) is 4.98 Å². The van der Waals surface area contributed by atoms with E-state index >= 15 is 0 Å². The van der Waals surface area contributed by atoms with Crippen LogP contribution in [0, 0.1) is 5.92 Å². The fourth-order valence-electron chi connectivity index (χ4n) is 4.45. The summed E-state index contributed by atoms with van der Waals surface area (Å²) in [4.78, 5) is 15.6. The SMILES string of the molecule is CC(CC(=O)O)CC(O)c1c(CCCCOCc2cccc(Cl)c2)n(CCO)c2ncc(Cl)cc12. The monoisotopic (exact) mass is 522 g/mol. The van der Waals surface area contributed by atoms with Crippen molar-refractivity contribution in [2.45, 2.75) is 58.3 Å². The number of fused-ring (bicyclic) bond motifs is 1. The summed E-state index contributed by atoms with van der Waals surface area (Å²) >= 11 is 12.2. The van der Waals surface area contributed by atoms with E-state index in [-0.39, 0.29) is 18.9 Å². The lowest BCUT2D eigenvalue weighted by atomic mass is 9.93. The van der Waals surface area contributed by atoms with Gasteiger partial charge in [0.05, 0.1) is 24.3 Å². The summed E-state index contributed by atoms with van der Waals surface area (Å²) in [6.07, 6.45) is 3.21. The third-order valence-electron chi connectivity index (χ3n) is 5.93. The number of rotatable bonds is 14. The van der Waals surface area contributed by atoms with Gasteiger partial charge in [-0.1, -0.05) is 42.3 Å². The number of aromatic nitrogens is 2.